The van der Waals surface area contributed by atoms with Gasteiger partial charge in [-0.05, 0) is 25.7 Å². The zero-order valence-electron chi connectivity index (χ0n) is 22.9. The number of hydrogen-bond donors (Lipinski definition) is 1. The van der Waals surface area contributed by atoms with Gasteiger partial charge in [0, 0.05) is 13.0 Å². The fraction of sp³-hybridized carbons (Fsp3) is 0.800. The quantitative estimate of drug-likeness (QED) is 0.0872. The van der Waals surface area contributed by atoms with Crippen molar-refractivity contribution >= 4 is 11.8 Å². The summed E-state index contributed by atoms with van der Waals surface area (Å²) in [5.41, 5.74) is 5.72. The fourth-order valence-electron chi connectivity index (χ4n) is 5.02. The van der Waals surface area contributed by atoms with Gasteiger partial charge in [0.15, 0.2) is 0 Å². The van der Waals surface area contributed by atoms with Crippen molar-refractivity contribution in [1.82, 2.24) is 0 Å². The Balaban J connectivity index is 1.87. The molecule has 35 heavy (non-hydrogen) atoms. The van der Waals surface area contributed by atoms with Gasteiger partial charge in [-0.25, -0.2) is 9.48 Å². The third-order valence-corrected chi connectivity index (χ3v) is 7.19. The number of rotatable bonds is 25. The minimum atomic E-state index is -1.05. The molecular formula is C30H55N3O2. The molecule has 0 fully saturated rings. The zero-order chi connectivity index (χ0) is 25.5. The second-order valence-electron chi connectivity index (χ2n) is 10.4. The summed E-state index contributed by atoms with van der Waals surface area (Å²) in [5, 5.41) is 11.2. The Labute approximate surface area is 216 Å². The Morgan fingerprint density at radius 3 is 1.80 bits per heavy atom. The molecule has 5 nitrogen and oxygen atoms in total. The van der Waals surface area contributed by atoms with E-state index in [9.17, 15) is 9.90 Å². The maximum Gasteiger partial charge on any atom is 0.207 e. The van der Waals surface area contributed by atoms with Gasteiger partial charge in [0.2, 0.25) is 5.84 Å². The Morgan fingerprint density at radius 1 is 0.829 bits per heavy atom. The molecule has 1 rings (SSSR count). The average Bonchev–Trinajstić information content (AvgIpc) is 3.21. The topological polar surface area (TPSA) is 78.5 Å². The van der Waals surface area contributed by atoms with Crippen LogP contribution in [0.5, 0.6) is 0 Å². The number of allylic oxidation sites excluding steroid dienone is 2. The largest absolute Gasteiger partial charge is 0.544 e. The van der Waals surface area contributed by atoms with Gasteiger partial charge in [0.1, 0.15) is 19.3 Å². The predicted molar refractivity (Wildman–Crippen MR) is 148 cm³/mol. The molecule has 0 spiro atoms. The van der Waals surface area contributed by atoms with Crippen molar-refractivity contribution in [2.24, 2.45) is 10.7 Å². The van der Waals surface area contributed by atoms with Gasteiger partial charge in [-0.3, -0.25) is 0 Å². The van der Waals surface area contributed by atoms with Crippen LogP contribution < -0.4 is 10.8 Å². The second kappa shape index (κ2) is 21.8. The monoisotopic (exact) mass is 489 g/mol. The van der Waals surface area contributed by atoms with Gasteiger partial charge in [-0.2, -0.15) is 0 Å². The molecule has 1 unspecified atom stereocenters. The Morgan fingerprint density at radius 2 is 1.31 bits per heavy atom. The molecule has 1 aliphatic rings. The lowest BCUT2D eigenvalue weighted by molar-refractivity contribution is -0.780. The number of carbonyl (C=O) groups is 1. The predicted octanol–water partition coefficient (Wildman–Crippen LogP) is 6.77. The molecule has 1 aliphatic heterocycles. The number of quaternary nitrogens is 1. The highest BCUT2D eigenvalue weighted by atomic mass is 16.4. The third kappa shape index (κ3) is 16.0. The minimum absolute atomic E-state index is 0.0659. The van der Waals surface area contributed by atoms with E-state index in [0.29, 0.717) is 13.1 Å². The normalized spacial score (nSPS) is 17.5. The lowest BCUT2D eigenvalue weighted by Gasteiger charge is -2.32. The van der Waals surface area contributed by atoms with E-state index < -0.39 is 5.97 Å². The van der Waals surface area contributed by atoms with Crippen LogP contribution in [0.15, 0.2) is 29.5 Å². The summed E-state index contributed by atoms with van der Waals surface area (Å²) in [6.45, 7) is 3.20. The number of nitrogens with two attached hydrogens (primary N) is 1. The molecular weight excluding hydrogens is 434 g/mol. The maximum atomic E-state index is 11.2. The van der Waals surface area contributed by atoms with Gasteiger partial charge >= 0.3 is 0 Å². The van der Waals surface area contributed by atoms with Crippen LogP contribution in [0.1, 0.15) is 135 Å². The van der Waals surface area contributed by atoms with Crippen LogP contribution in [-0.2, 0) is 4.79 Å². The summed E-state index contributed by atoms with van der Waals surface area (Å²) in [4.78, 5) is 15.6. The van der Waals surface area contributed by atoms with E-state index in [-0.39, 0.29) is 11.0 Å². The first-order valence-electron chi connectivity index (χ1n) is 14.8. The van der Waals surface area contributed by atoms with E-state index in [1.165, 1.54) is 116 Å². The van der Waals surface area contributed by atoms with Crippen molar-refractivity contribution in [3.05, 3.63) is 24.6 Å². The summed E-state index contributed by atoms with van der Waals surface area (Å²) in [7, 11) is 0. The molecule has 0 amide bonds. The molecule has 2 N–H and O–H groups in total. The van der Waals surface area contributed by atoms with Crippen LogP contribution in [0.4, 0.5) is 0 Å². The van der Waals surface area contributed by atoms with Gasteiger partial charge in [-0.1, -0.05) is 115 Å². The number of carboxylic acid groups (broad SMARTS) is 1. The van der Waals surface area contributed by atoms with Gasteiger partial charge < -0.3 is 15.6 Å². The van der Waals surface area contributed by atoms with Crippen molar-refractivity contribution in [2.75, 3.05) is 19.6 Å². The van der Waals surface area contributed by atoms with Gasteiger partial charge in [0.25, 0.3) is 0 Å². The number of nitrogens with zero attached hydrogens (tertiary/aromatic N) is 2. The highest BCUT2D eigenvalue weighted by molar-refractivity contribution is 5.80. The van der Waals surface area contributed by atoms with Crippen molar-refractivity contribution in [2.45, 2.75) is 135 Å². The lowest BCUT2D eigenvalue weighted by atomic mass is 10.0. The van der Waals surface area contributed by atoms with Gasteiger partial charge in [-0.15, -0.1) is 0 Å². The van der Waals surface area contributed by atoms with E-state index in [2.05, 4.69) is 24.1 Å². The Kier molecular flexibility index (Phi) is 19.7. The zero-order valence-corrected chi connectivity index (χ0v) is 22.9. The first-order valence-corrected chi connectivity index (χ1v) is 14.8. The number of aliphatic imine (C=N–C) groups is 1. The molecule has 5 heteroatoms. The number of carboxylic acids is 1. The molecule has 0 aromatic heterocycles. The molecule has 0 radical (unpaired) electrons. The van der Waals surface area contributed by atoms with Crippen molar-refractivity contribution in [3.63, 3.8) is 0 Å². The molecule has 0 bridgehead atoms. The number of hydrogen-bond acceptors (Lipinski definition) is 4. The number of carbonyl (C=O) groups excluding carboxylic acids is 1. The molecule has 0 aliphatic carbocycles. The first kappa shape index (κ1) is 31.6. The standard InChI is InChI=1S/C30H55N3O2/c1-2-3-4-5-6-7-8-9-10-11-12-13-14-15-16-17-18-19-20-21-22-23-29-32-25-27-33(29,26-24-31)28-30(34)35/h5-6,25,27H,2-4,7-24,26,28,31H2,1H3/b6-5+. The first-order chi connectivity index (χ1) is 17.1. The summed E-state index contributed by atoms with van der Waals surface area (Å²) in [5.74, 6) is -0.121. The van der Waals surface area contributed by atoms with Crippen LogP contribution in [0.25, 0.3) is 0 Å². The van der Waals surface area contributed by atoms with Crippen LogP contribution >= 0.6 is 0 Å². The minimum Gasteiger partial charge on any atom is -0.544 e. The summed E-state index contributed by atoms with van der Waals surface area (Å²) in [6.07, 6.45) is 34.5. The fourth-order valence-corrected chi connectivity index (χ4v) is 5.02. The van der Waals surface area contributed by atoms with Crippen LogP contribution in [0.3, 0.4) is 0 Å². The molecule has 1 atom stereocenters. The van der Waals surface area contributed by atoms with Crippen molar-refractivity contribution in [3.8, 4) is 0 Å². The molecule has 0 saturated carbocycles. The number of amidine groups is 1. The summed E-state index contributed by atoms with van der Waals surface area (Å²) < 4.78 is 0.246. The lowest BCUT2D eigenvalue weighted by Crippen LogP contribution is -2.55. The molecule has 0 saturated heterocycles. The Bertz CT molecular complexity index is 615. The van der Waals surface area contributed by atoms with Crippen LogP contribution in [-0.4, -0.2) is 35.9 Å². The van der Waals surface area contributed by atoms with Crippen LogP contribution in [0.2, 0.25) is 0 Å². The maximum absolute atomic E-state index is 11.2. The van der Waals surface area contributed by atoms with E-state index in [1.54, 1.807) is 6.20 Å². The molecule has 0 aromatic rings. The SMILES string of the molecule is CCCC/C=C/CCCCCCCCCCCCCCCCCC1=NC=C[N+]1(CCN)CC(=O)[O-]. The molecule has 0 aromatic carbocycles. The Hall–Kier alpha value is -1.46. The highest BCUT2D eigenvalue weighted by Crippen LogP contribution is 2.21. The van der Waals surface area contributed by atoms with Crippen molar-refractivity contribution in [1.29, 1.82) is 0 Å². The second-order valence-corrected chi connectivity index (χ2v) is 10.4. The van der Waals surface area contributed by atoms with E-state index >= 15 is 0 Å². The average molecular weight is 490 g/mol. The molecule has 1 heterocycles. The van der Waals surface area contributed by atoms with Gasteiger partial charge in [0.05, 0.1) is 12.2 Å². The van der Waals surface area contributed by atoms with E-state index in [4.69, 9.17) is 5.73 Å². The summed E-state index contributed by atoms with van der Waals surface area (Å²) >= 11 is 0. The number of unbranched alkanes of at least 4 members (excludes halogenated alkanes) is 17. The smallest absolute Gasteiger partial charge is 0.207 e. The summed E-state index contributed by atoms with van der Waals surface area (Å²) in [6, 6.07) is 0. The van der Waals surface area contributed by atoms with E-state index in [0.717, 1.165) is 18.7 Å². The third-order valence-electron chi connectivity index (χ3n) is 7.19. The van der Waals surface area contributed by atoms with Crippen LogP contribution in [0, 0.1) is 0 Å². The highest BCUT2D eigenvalue weighted by Gasteiger charge is 2.34. The number of aliphatic carboxylic acids is 1. The molecule has 202 valence electrons. The van der Waals surface area contributed by atoms with E-state index in [1.807, 2.05) is 6.20 Å². The van der Waals surface area contributed by atoms with Crippen molar-refractivity contribution < 1.29 is 14.4 Å².